The number of hydrogen-bond acceptors (Lipinski definition) is 9. The number of ether oxygens (including phenoxy) is 2. The fourth-order valence-corrected chi connectivity index (χ4v) is 3.17. The van der Waals surface area contributed by atoms with Gasteiger partial charge in [0, 0.05) is 16.4 Å². The minimum absolute atomic E-state index is 0.0178. The lowest BCUT2D eigenvalue weighted by Gasteiger charge is -2.42. The second-order valence-electron chi connectivity index (χ2n) is 4.73. The topological polar surface area (TPSA) is 145 Å². The molecule has 114 valence electrons. The summed E-state index contributed by atoms with van der Waals surface area (Å²) >= 11 is 6.64. The minimum atomic E-state index is -1.28. The largest absolute Gasteiger partial charge is 0.388 e. The Morgan fingerprint density at radius 2 is 2.43 bits per heavy atom. The van der Waals surface area contributed by atoms with E-state index < -0.39 is 30.1 Å². The molecule has 0 radical (unpaired) electrons. The van der Waals surface area contributed by atoms with Crippen LogP contribution in [0.5, 0.6) is 0 Å². The highest BCUT2D eigenvalue weighted by Gasteiger charge is 2.59. The molecule has 2 aliphatic heterocycles. The molecule has 0 aromatic carbocycles. The van der Waals surface area contributed by atoms with Crippen LogP contribution in [0.4, 0.5) is 5.13 Å². The molecule has 3 heterocycles. The first-order valence-electron chi connectivity index (χ1n) is 5.98. The van der Waals surface area contributed by atoms with Crippen LogP contribution in [0.1, 0.15) is 0 Å². The van der Waals surface area contributed by atoms with E-state index in [0.29, 0.717) is 5.13 Å². The lowest BCUT2D eigenvalue weighted by Crippen LogP contribution is -2.63. The van der Waals surface area contributed by atoms with E-state index in [1.165, 1.54) is 0 Å². The summed E-state index contributed by atoms with van der Waals surface area (Å²) in [5, 5.41) is 27.3. The van der Waals surface area contributed by atoms with Crippen molar-refractivity contribution in [2.45, 2.75) is 30.1 Å². The average molecular weight is 335 g/mol. The third-order valence-electron chi connectivity index (χ3n) is 3.46. The van der Waals surface area contributed by atoms with E-state index in [1.807, 2.05) is 0 Å². The first-order chi connectivity index (χ1) is 10.1. The number of anilines is 1. The SMILES string of the molecule is [N-]=[N+]=NC[C@@]12CO[C@@H](O1)[C@H](Nc1nc(Cl)ns1)[C@@H](O)[C@H]2O. The number of aliphatic hydroxyl groups is 2. The van der Waals surface area contributed by atoms with E-state index in [9.17, 15) is 10.2 Å². The molecular weight excluding hydrogens is 324 g/mol. The average Bonchev–Trinajstić information content (AvgIpc) is 3.06. The Morgan fingerprint density at radius 1 is 1.62 bits per heavy atom. The van der Waals surface area contributed by atoms with Gasteiger partial charge in [0.1, 0.15) is 23.9 Å². The standard InChI is InChI=1S/C9H11ClN6O4S/c10-7-14-8(21-15-7)13-3-4(17)5(18)9(1-12-16-11)2-19-6(3)20-9/h3-6,17-18H,1-2H2,(H,13,14,15)/t3-,4-,5-,6+,9+/m1/s1. The van der Waals surface area contributed by atoms with Crippen molar-refractivity contribution in [3.8, 4) is 0 Å². The number of nitrogens with zero attached hydrogens (tertiary/aromatic N) is 5. The van der Waals surface area contributed by atoms with Crippen LogP contribution in [0, 0.1) is 0 Å². The van der Waals surface area contributed by atoms with Gasteiger partial charge >= 0.3 is 0 Å². The molecule has 2 saturated heterocycles. The molecule has 0 spiro atoms. The van der Waals surface area contributed by atoms with Crippen molar-refractivity contribution < 1.29 is 19.7 Å². The Balaban J connectivity index is 1.79. The van der Waals surface area contributed by atoms with Crippen molar-refractivity contribution in [3.05, 3.63) is 15.7 Å². The number of hydrogen-bond donors (Lipinski definition) is 3. The molecule has 21 heavy (non-hydrogen) atoms. The van der Waals surface area contributed by atoms with E-state index in [-0.39, 0.29) is 18.4 Å². The summed E-state index contributed by atoms with van der Waals surface area (Å²) in [5.74, 6) is 0. The van der Waals surface area contributed by atoms with E-state index in [4.69, 9.17) is 26.6 Å². The van der Waals surface area contributed by atoms with Gasteiger partial charge in [0.05, 0.1) is 13.2 Å². The van der Waals surface area contributed by atoms with Crippen molar-refractivity contribution >= 4 is 28.3 Å². The van der Waals surface area contributed by atoms with Gasteiger partial charge in [0.15, 0.2) is 6.29 Å². The number of halogens is 1. The highest BCUT2D eigenvalue weighted by atomic mass is 35.5. The molecule has 3 rings (SSSR count). The van der Waals surface area contributed by atoms with Gasteiger partial charge in [-0.05, 0) is 17.1 Å². The fourth-order valence-electron chi connectivity index (χ4n) is 2.41. The van der Waals surface area contributed by atoms with Crippen LogP contribution >= 0.6 is 23.1 Å². The quantitative estimate of drug-likeness (QED) is 0.403. The first kappa shape index (κ1) is 14.7. The summed E-state index contributed by atoms with van der Waals surface area (Å²) < 4.78 is 14.9. The minimum Gasteiger partial charge on any atom is -0.388 e. The first-order valence-corrected chi connectivity index (χ1v) is 7.13. The molecule has 10 nitrogen and oxygen atoms in total. The maximum atomic E-state index is 10.3. The molecule has 12 heteroatoms. The van der Waals surface area contributed by atoms with Crippen molar-refractivity contribution in [2.24, 2.45) is 5.11 Å². The maximum Gasteiger partial charge on any atom is 0.236 e. The van der Waals surface area contributed by atoms with Crippen LogP contribution in [0.2, 0.25) is 5.28 Å². The van der Waals surface area contributed by atoms with Gasteiger partial charge in [-0.2, -0.15) is 9.36 Å². The third-order valence-corrected chi connectivity index (χ3v) is 4.37. The zero-order valence-electron chi connectivity index (χ0n) is 10.5. The van der Waals surface area contributed by atoms with Gasteiger partial charge in [0.25, 0.3) is 0 Å². The highest BCUT2D eigenvalue weighted by molar-refractivity contribution is 7.09. The number of fused-ring (bicyclic) bond motifs is 2. The van der Waals surface area contributed by atoms with Crippen molar-refractivity contribution in [1.82, 2.24) is 9.36 Å². The Hall–Kier alpha value is -1.20. The molecule has 2 fully saturated rings. The zero-order chi connectivity index (χ0) is 15.0. The van der Waals surface area contributed by atoms with Crippen LogP contribution < -0.4 is 5.32 Å². The van der Waals surface area contributed by atoms with E-state index in [2.05, 4.69) is 24.7 Å². The predicted molar refractivity (Wildman–Crippen MR) is 71.9 cm³/mol. The van der Waals surface area contributed by atoms with E-state index >= 15 is 0 Å². The van der Waals surface area contributed by atoms with E-state index in [0.717, 1.165) is 11.5 Å². The predicted octanol–water partition coefficient (Wildman–Crippen LogP) is 0.129. The molecule has 2 bridgehead atoms. The van der Waals surface area contributed by atoms with Crippen LogP contribution in [-0.2, 0) is 9.47 Å². The van der Waals surface area contributed by atoms with Crippen molar-refractivity contribution in [2.75, 3.05) is 18.5 Å². The Bertz CT molecular complexity index is 582. The summed E-state index contributed by atoms with van der Waals surface area (Å²) in [4.78, 5) is 6.54. The van der Waals surface area contributed by atoms with Crippen molar-refractivity contribution in [3.63, 3.8) is 0 Å². The fraction of sp³-hybridized carbons (Fsp3) is 0.778. The summed E-state index contributed by atoms with van der Waals surface area (Å²) in [6.45, 7) is -0.112. The second-order valence-corrected chi connectivity index (χ2v) is 5.82. The third kappa shape index (κ3) is 2.53. The molecule has 0 saturated carbocycles. The Kier molecular flexibility index (Phi) is 3.88. The number of rotatable bonds is 4. The van der Waals surface area contributed by atoms with Crippen LogP contribution in [0.15, 0.2) is 5.11 Å². The summed E-state index contributed by atoms with van der Waals surface area (Å²) in [6.07, 6.45) is -3.27. The molecule has 2 aliphatic rings. The molecular formula is C9H11ClN6O4S. The second kappa shape index (κ2) is 5.54. The van der Waals surface area contributed by atoms with Crippen LogP contribution in [0.3, 0.4) is 0 Å². The summed E-state index contributed by atoms with van der Waals surface area (Å²) in [7, 11) is 0. The van der Waals surface area contributed by atoms with Gasteiger partial charge in [-0.3, -0.25) is 0 Å². The number of azide groups is 1. The Labute approximate surface area is 127 Å². The molecule has 1 aromatic rings. The van der Waals surface area contributed by atoms with Gasteiger partial charge < -0.3 is 25.0 Å². The zero-order valence-corrected chi connectivity index (χ0v) is 12.0. The smallest absolute Gasteiger partial charge is 0.236 e. The Morgan fingerprint density at radius 3 is 3.10 bits per heavy atom. The molecule has 0 unspecified atom stereocenters. The summed E-state index contributed by atoms with van der Waals surface area (Å²) in [6, 6.07) is -0.745. The molecule has 0 amide bonds. The van der Waals surface area contributed by atoms with Gasteiger partial charge in [-0.1, -0.05) is 5.11 Å². The van der Waals surface area contributed by atoms with E-state index in [1.54, 1.807) is 0 Å². The molecule has 1 aromatic heterocycles. The van der Waals surface area contributed by atoms with Gasteiger partial charge in [-0.25, -0.2) is 0 Å². The number of aromatic nitrogens is 2. The normalized spacial score (nSPS) is 38.0. The maximum absolute atomic E-state index is 10.3. The lowest BCUT2D eigenvalue weighted by molar-refractivity contribution is -0.211. The monoisotopic (exact) mass is 334 g/mol. The van der Waals surface area contributed by atoms with Gasteiger partial charge in [-0.15, -0.1) is 0 Å². The highest BCUT2D eigenvalue weighted by Crippen LogP contribution is 2.38. The van der Waals surface area contributed by atoms with Crippen molar-refractivity contribution in [1.29, 1.82) is 0 Å². The number of nitrogens with one attached hydrogen (secondary N) is 1. The molecule has 0 aliphatic carbocycles. The lowest BCUT2D eigenvalue weighted by atomic mass is 9.88. The summed E-state index contributed by atoms with van der Waals surface area (Å²) in [5.41, 5.74) is 7.17. The number of aliphatic hydroxyl groups excluding tert-OH is 2. The van der Waals surface area contributed by atoms with Gasteiger partial charge in [0.2, 0.25) is 10.4 Å². The molecule has 3 N–H and O–H groups in total. The molecule has 5 atom stereocenters. The van der Waals surface area contributed by atoms with Crippen LogP contribution in [0.25, 0.3) is 10.4 Å². The van der Waals surface area contributed by atoms with Crippen LogP contribution in [-0.4, -0.2) is 62.9 Å².